The van der Waals surface area contributed by atoms with Gasteiger partial charge in [0.25, 0.3) is 0 Å². The van der Waals surface area contributed by atoms with Gasteiger partial charge in [0.15, 0.2) is 0 Å². The van der Waals surface area contributed by atoms with E-state index in [2.05, 4.69) is 10.4 Å². The lowest BCUT2D eigenvalue weighted by Crippen LogP contribution is -2.23. The van der Waals surface area contributed by atoms with Gasteiger partial charge in [-0.1, -0.05) is 24.6 Å². The summed E-state index contributed by atoms with van der Waals surface area (Å²) in [6, 6.07) is 5.02. The fourth-order valence-corrected chi connectivity index (χ4v) is 2.32. The number of benzene rings is 1. The second-order valence-electron chi connectivity index (χ2n) is 4.69. The molecule has 1 N–H and O–H groups in total. The molecule has 1 unspecified atom stereocenters. The first-order valence-corrected chi connectivity index (χ1v) is 7.21. The van der Waals surface area contributed by atoms with Crippen LogP contribution < -0.4 is 5.32 Å². The van der Waals surface area contributed by atoms with Crippen LogP contribution >= 0.6 is 11.6 Å². The predicted molar refractivity (Wildman–Crippen MR) is 79.4 cm³/mol. The van der Waals surface area contributed by atoms with E-state index in [1.54, 1.807) is 6.07 Å². The molecule has 0 spiro atoms. The molecule has 1 aromatic heterocycles. The van der Waals surface area contributed by atoms with Gasteiger partial charge in [-0.2, -0.15) is 5.10 Å². The predicted octanol–water partition coefficient (Wildman–Crippen LogP) is 3.59. The van der Waals surface area contributed by atoms with Crippen molar-refractivity contribution in [1.29, 1.82) is 0 Å². The molecule has 0 fully saturated rings. The third kappa shape index (κ3) is 3.58. The quantitative estimate of drug-likeness (QED) is 0.882. The Morgan fingerprint density at radius 2 is 2.20 bits per heavy atom. The van der Waals surface area contributed by atoms with Crippen molar-refractivity contribution in [2.45, 2.75) is 32.9 Å². The second kappa shape index (κ2) is 6.86. The fourth-order valence-electron chi connectivity index (χ4n) is 2.20. The lowest BCUT2D eigenvalue weighted by Gasteiger charge is -2.18. The van der Waals surface area contributed by atoms with Crippen molar-refractivity contribution in [2.24, 2.45) is 0 Å². The highest BCUT2D eigenvalue weighted by atomic mass is 35.5. The van der Waals surface area contributed by atoms with Gasteiger partial charge in [0.1, 0.15) is 5.82 Å². The van der Waals surface area contributed by atoms with Gasteiger partial charge >= 0.3 is 0 Å². The van der Waals surface area contributed by atoms with E-state index >= 15 is 0 Å². The Kier molecular flexibility index (Phi) is 5.15. The van der Waals surface area contributed by atoms with Crippen LogP contribution in [0.1, 0.15) is 31.0 Å². The van der Waals surface area contributed by atoms with Crippen molar-refractivity contribution in [3.05, 3.63) is 52.6 Å². The van der Waals surface area contributed by atoms with Crippen LogP contribution in [0.15, 0.2) is 30.6 Å². The van der Waals surface area contributed by atoms with Gasteiger partial charge < -0.3 is 5.32 Å². The van der Waals surface area contributed by atoms with Crippen LogP contribution in [0.3, 0.4) is 0 Å². The third-order valence-corrected chi connectivity index (χ3v) is 3.55. The summed E-state index contributed by atoms with van der Waals surface area (Å²) in [5.41, 5.74) is 2.03. The highest BCUT2D eigenvalue weighted by molar-refractivity contribution is 6.30. The number of nitrogens with one attached hydrogen (secondary N) is 1. The zero-order valence-corrected chi connectivity index (χ0v) is 12.5. The van der Waals surface area contributed by atoms with Gasteiger partial charge in [0.05, 0.1) is 11.2 Å². The van der Waals surface area contributed by atoms with E-state index in [1.165, 1.54) is 6.07 Å². The standard InChI is InChI=1S/C15H19ClFN3/c1-3-18-15(7-11-9-19-20(4-2)10-11)12-5-6-13(16)14(17)8-12/h5-6,8-10,15,18H,3-4,7H2,1-2H3. The lowest BCUT2D eigenvalue weighted by molar-refractivity contribution is 0.542. The molecule has 0 amide bonds. The number of halogens is 2. The van der Waals surface area contributed by atoms with Gasteiger partial charge in [-0.3, -0.25) is 4.68 Å². The van der Waals surface area contributed by atoms with Crippen molar-refractivity contribution in [3.63, 3.8) is 0 Å². The van der Waals surface area contributed by atoms with Crippen molar-refractivity contribution in [1.82, 2.24) is 15.1 Å². The van der Waals surface area contributed by atoms with Crippen molar-refractivity contribution >= 4 is 11.6 Å². The van der Waals surface area contributed by atoms with E-state index in [9.17, 15) is 4.39 Å². The summed E-state index contributed by atoms with van der Waals surface area (Å²) < 4.78 is 15.5. The Morgan fingerprint density at radius 3 is 2.80 bits per heavy atom. The molecule has 1 heterocycles. The topological polar surface area (TPSA) is 29.9 Å². The summed E-state index contributed by atoms with van der Waals surface area (Å²) in [6.45, 7) is 5.75. The Labute approximate surface area is 123 Å². The monoisotopic (exact) mass is 295 g/mol. The number of likely N-dealkylation sites (N-methyl/N-ethyl adjacent to an activating group) is 1. The molecule has 0 radical (unpaired) electrons. The highest BCUT2D eigenvalue weighted by Gasteiger charge is 2.14. The first-order valence-electron chi connectivity index (χ1n) is 6.83. The van der Waals surface area contributed by atoms with E-state index in [0.717, 1.165) is 30.6 Å². The SMILES string of the molecule is CCNC(Cc1cnn(CC)c1)c1ccc(Cl)c(F)c1. The molecule has 2 rings (SSSR count). The Bertz CT molecular complexity index is 568. The highest BCUT2D eigenvalue weighted by Crippen LogP contribution is 2.23. The largest absolute Gasteiger partial charge is 0.310 e. The Balaban J connectivity index is 2.19. The minimum Gasteiger partial charge on any atom is -0.310 e. The normalized spacial score (nSPS) is 12.6. The van der Waals surface area contributed by atoms with Gasteiger partial charge in [-0.15, -0.1) is 0 Å². The van der Waals surface area contributed by atoms with Crippen molar-refractivity contribution in [2.75, 3.05) is 6.54 Å². The minimum atomic E-state index is -0.378. The van der Waals surface area contributed by atoms with Crippen LogP contribution in [-0.2, 0) is 13.0 Å². The zero-order chi connectivity index (χ0) is 14.5. The molecule has 108 valence electrons. The second-order valence-corrected chi connectivity index (χ2v) is 5.10. The molecule has 1 atom stereocenters. The minimum absolute atomic E-state index is 0.0567. The number of hydrogen-bond acceptors (Lipinski definition) is 2. The molecule has 3 nitrogen and oxygen atoms in total. The molecule has 0 aliphatic rings. The summed E-state index contributed by atoms with van der Waals surface area (Å²) in [5.74, 6) is -0.378. The van der Waals surface area contributed by atoms with Crippen LogP contribution in [-0.4, -0.2) is 16.3 Å². The fraction of sp³-hybridized carbons (Fsp3) is 0.400. The van der Waals surface area contributed by atoms with E-state index in [4.69, 9.17) is 11.6 Å². The first-order chi connectivity index (χ1) is 9.63. The first kappa shape index (κ1) is 15.0. The number of rotatable bonds is 6. The summed E-state index contributed by atoms with van der Waals surface area (Å²) in [4.78, 5) is 0. The maximum absolute atomic E-state index is 13.6. The smallest absolute Gasteiger partial charge is 0.142 e. The Morgan fingerprint density at radius 1 is 1.40 bits per heavy atom. The third-order valence-electron chi connectivity index (χ3n) is 3.25. The van der Waals surface area contributed by atoms with Gasteiger partial charge in [-0.05, 0) is 43.1 Å². The molecule has 2 aromatic rings. The summed E-state index contributed by atoms with van der Waals surface area (Å²) in [5, 5.41) is 7.80. The van der Waals surface area contributed by atoms with Crippen LogP contribution in [0.25, 0.3) is 0 Å². The molecular weight excluding hydrogens is 277 g/mol. The van der Waals surface area contributed by atoms with Gasteiger partial charge in [0.2, 0.25) is 0 Å². The van der Waals surface area contributed by atoms with E-state index in [0.29, 0.717) is 0 Å². The van der Waals surface area contributed by atoms with E-state index in [-0.39, 0.29) is 16.9 Å². The van der Waals surface area contributed by atoms with Crippen LogP contribution in [0.2, 0.25) is 5.02 Å². The van der Waals surface area contributed by atoms with Crippen LogP contribution in [0.5, 0.6) is 0 Å². The lowest BCUT2D eigenvalue weighted by atomic mass is 10.0. The van der Waals surface area contributed by atoms with Crippen LogP contribution in [0.4, 0.5) is 4.39 Å². The molecular formula is C15H19ClFN3. The van der Waals surface area contributed by atoms with Gasteiger partial charge in [-0.25, -0.2) is 4.39 Å². The van der Waals surface area contributed by atoms with E-state index < -0.39 is 0 Å². The number of hydrogen-bond donors (Lipinski definition) is 1. The molecule has 0 bridgehead atoms. The Hall–Kier alpha value is -1.39. The molecule has 0 saturated carbocycles. The number of aryl methyl sites for hydroxylation is 1. The molecule has 20 heavy (non-hydrogen) atoms. The van der Waals surface area contributed by atoms with Crippen molar-refractivity contribution < 1.29 is 4.39 Å². The summed E-state index contributed by atoms with van der Waals surface area (Å²) in [6.07, 6.45) is 4.66. The average molecular weight is 296 g/mol. The molecule has 5 heteroatoms. The maximum Gasteiger partial charge on any atom is 0.142 e. The molecule has 0 aliphatic heterocycles. The molecule has 0 aliphatic carbocycles. The van der Waals surface area contributed by atoms with Crippen molar-refractivity contribution in [3.8, 4) is 0 Å². The summed E-state index contributed by atoms with van der Waals surface area (Å²) in [7, 11) is 0. The van der Waals surface area contributed by atoms with Gasteiger partial charge in [0, 0.05) is 18.8 Å². The summed E-state index contributed by atoms with van der Waals surface area (Å²) >= 11 is 5.74. The maximum atomic E-state index is 13.6. The molecule has 1 aromatic carbocycles. The van der Waals surface area contributed by atoms with E-state index in [1.807, 2.05) is 37.0 Å². The zero-order valence-electron chi connectivity index (χ0n) is 11.7. The van der Waals surface area contributed by atoms with Crippen LogP contribution in [0, 0.1) is 5.82 Å². The molecule has 0 saturated heterocycles. The number of nitrogens with zero attached hydrogens (tertiary/aromatic N) is 2. The number of aromatic nitrogens is 2. The average Bonchev–Trinajstić information content (AvgIpc) is 2.89.